The molecule has 0 aromatic heterocycles. The summed E-state index contributed by atoms with van der Waals surface area (Å²) in [5.41, 5.74) is 6.98. The molecule has 0 unspecified atom stereocenters. The van der Waals surface area contributed by atoms with E-state index in [1.54, 1.807) is 4.90 Å². The first-order chi connectivity index (χ1) is 20.9. The highest BCUT2D eigenvalue weighted by Crippen LogP contribution is 2.31. The predicted octanol–water partition coefficient (Wildman–Crippen LogP) is 6.17. The van der Waals surface area contributed by atoms with Crippen molar-refractivity contribution < 1.29 is 19.5 Å². The van der Waals surface area contributed by atoms with Gasteiger partial charge in [-0.3, -0.25) is 9.59 Å². The van der Waals surface area contributed by atoms with Crippen molar-refractivity contribution in [2.75, 3.05) is 13.7 Å². The van der Waals surface area contributed by atoms with Crippen molar-refractivity contribution in [2.45, 2.75) is 44.9 Å². The van der Waals surface area contributed by atoms with E-state index in [-0.39, 0.29) is 24.8 Å². The summed E-state index contributed by atoms with van der Waals surface area (Å²) in [7, 11) is 1.48. The molecule has 0 radical (unpaired) electrons. The smallest absolute Gasteiger partial charge is 0.254 e. The normalized spacial score (nSPS) is 17.0. The number of oxime groups is 1. The molecular weight excluding hydrogens is 538 g/mol. The van der Waals surface area contributed by atoms with Gasteiger partial charge in [0.05, 0.1) is 18.3 Å². The Morgan fingerprint density at radius 2 is 1.56 bits per heavy atom. The lowest BCUT2D eigenvalue weighted by molar-refractivity contribution is -0.123. The first kappa shape index (κ1) is 29.7. The quantitative estimate of drug-likeness (QED) is 0.234. The van der Waals surface area contributed by atoms with Gasteiger partial charge < -0.3 is 20.2 Å². The first-order valence-electron chi connectivity index (χ1n) is 14.5. The minimum atomic E-state index is -0.950. The van der Waals surface area contributed by atoms with E-state index in [2.05, 4.69) is 29.5 Å². The molecule has 1 heterocycles. The van der Waals surface area contributed by atoms with Crippen LogP contribution in [0, 0.1) is 13.8 Å². The van der Waals surface area contributed by atoms with Crippen LogP contribution >= 0.6 is 0 Å². The molecule has 4 aromatic carbocycles. The van der Waals surface area contributed by atoms with Gasteiger partial charge in [-0.05, 0) is 53.3 Å². The van der Waals surface area contributed by atoms with Crippen LogP contribution in [0.15, 0.2) is 108 Å². The third-order valence-corrected chi connectivity index (χ3v) is 8.01. The van der Waals surface area contributed by atoms with Crippen LogP contribution in [-0.4, -0.2) is 47.2 Å². The lowest BCUT2D eigenvalue weighted by Crippen LogP contribution is -2.41. The number of aliphatic hydroxyl groups excluding tert-OH is 1. The monoisotopic (exact) mass is 575 g/mol. The maximum absolute atomic E-state index is 13.9. The number of nitrogens with one attached hydrogen (secondary N) is 1. The Morgan fingerprint density at radius 1 is 0.907 bits per heavy atom. The second-order valence-corrected chi connectivity index (χ2v) is 11.0. The Morgan fingerprint density at radius 3 is 2.21 bits per heavy atom. The van der Waals surface area contributed by atoms with Crippen LogP contribution < -0.4 is 5.32 Å². The minimum Gasteiger partial charge on any atom is -0.399 e. The van der Waals surface area contributed by atoms with Crippen LogP contribution in [0.5, 0.6) is 0 Å². The van der Waals surface area contributed by atoms with Crippen molar-refractivity contribution in [3.05, 3.63) is 131 Å². The Bertz CT molecular complexity index is 1600. The number of carbonyl (C=O) groups excluding carboxylic acids is 2. The number of amides is 2. The number of hydrogen-bond acceptors (Lipinski definition) is 5. The van der Waals surface area contributed by atoms with E-state index in [1.165, 1.54) is 12.7 Å². The van der Waals surface area contributed by atoms with Crippen molar-refractivity contribution >= 4 is 17.5 Å². The molecule has 3 atom stereocenters. The number of carbonyl (C=O) groups is 2. The standard InChI is InChI=1S/C36H37N3O4/c1-24-12-10-11-17-31(24)28-18-19-32(25(2)20-28)36(42)39-23-29(38-43-3)21-30(39)22-33(40)37-34(26-13-6-4-7-14-26)35(41)27-15-8-5-9-16-27/h4-20,30,34-35,41H,21-23H2,1-3H3,(H,37,40)/t30-,34+,35-/m0/s1. The van der Waals surface area contributed by atoms with Gasteiger partial charge in [0.15, 0.2) is 0 Å². The summed E-state index contributed by atoms with van der Waals surface area (Å²) >= 11 is 0. The number of rotatable bonds is 9. The summed E-state index contributed by atoms with van der Waals surface area (Å²) in [6.45, 7) is 4.28. The number of aliphatic hydroxyl groups is 1. The lowest BCUT2D eigenvalue weighted by atomic mass is 9.95. The molecule has 220 valence electrons. The van der Waals surface area contributed by atoms with E-state index in [0.29, 0.717) is 23.3 Å². The maximum atomic E-state index is 13.9. The molecule has 4 aromatic rings. The second-order valence-electron chi connectivity index (χ2n) is 11.0. The van der Waals surface area contributed by atoms with Crippen LogP contribution in [-0.2, 0) is 9.63 Å². The minimum absolute atomic E-state index is 0.0552. The van der Waals surface area contributed by atoms with Crippen molar-refractivity contribution in [1.29, 1.82) is 0 Å². The van der Waals surface area contributed by atoms with Crippen LogP contribution in [0.3, 0.4) is 0 Å². The highest BCUT2D eigenvalue weighted by molar-refractivity contribution is 6.02. The molecule has 1 saturated heterocycles. The molecule has 5 rings (SSSR count). The number of hydrogen-bond donors (Lipinski definition) is 2. The van der Waals surface area contributed by atoms with E-state index in [1.807, 2.05) is 97.9 Å². The summed E-state index contributed by atoms with van der Waals surface area (Å²) in [5.74, 6) is -0.422. The highest BCUT2D eigenvalue weighted by atomic mass is 16.6. The topological polar surface area (TPSA) is 91.2 Å². The molecule has 2 N–H and O–H groups in total. The Kier molecular flexibility index (Phi) is 9.32. The van der Waals surface area contributed by atoms with Gasteiger partial charge in [-0.1, -0.05) is 102 Å². The molecule has 7 heteroatoms. The van der Waals surface area contributed by atoms with Gasteiger partial charge in [-0.15, -0.1) is 0 Å². The van der Waals surface area contributed by atoms with Gasteiger partial charge in [0.25, 0.3) is 5.91 Å². The zero-order chi connectivity index (χ0) is 30.3. The second kappa shape index (κ2) is 13.5. The molecular formula is C36H37N3O4. The van der Waals surface area contributed by atoms with Gasteiger partial charge >= 0.3 is 0 Å². The van der Waals surface area contributed by atoms with Crippen molar-refractivity contribution in [1.82, 2.24) is 10.2 Å². The van der Waals surface area contributed by atoms with Gasteiger partial charge in [0, 0.05) is 24.4 Å². The lowest BCUT2D eigenvalue weighted by Gasteiger charge is -2.28. The predicted molar refractivity (Wildman–Crippen MR) is 169 cm³/mol. The Labute approximate surface area is 252 Å². The number of benzene rings is 4. The highest BCUT2D eigenvalue weighted by Gasteiger charge is 2.36. The van der Waals surface area contributed by atoms with E-state index in [0.717, 1.165) is 22.3 Å². The fourth-order valence-electron chi connectivity index (χ4n) is 5.80. The fraction of sp³-hybridized carbons (Fsp3) is 0.250. The molecule has 0 saturated carbocycles. The summed E-state index contributed by atoms with van der Waals surface area (Å²) in [6, 6.07) is 31.7. The summed E-state index contributed by atoms with van der Waals surface area (Å²) in [5, 5.41) is 18.5. The van der Waals surface area contributed by atoms with Gasteiger partial charge in [-0.2, -0.15) is 0 Å². The maximum Gasteiger partial charge on any atom is 0.254 e. The van der Waals surface area contributed by atoms with E-state index in [9.17, 15) is 14.7 Å². The van der Waals surface area contributed by atoms with Crippen LogP contribution in [0.2, 0.25) is 0 Å². The summed E-state index contributed by atoms with van der Waals surface area (Å²) in [6.07, 6.45) is -0.474. The Balaban J connectivity index is 1.37. The van der Waals surface area contributed by atoms with Crippen LogP contribution in [0.1, 0.15) is 57.6 Å². The summed E-state index contributed by atoms with van der Waals surface area (Å²) in [4.78, 5) is 34.2. The SMILES string of the molecule is CON=C1C[C@@H](CC(=O)N[C@H](c2ccccc2)[C@@H](O)c2ccccc2)N(C(=O)c2ccc(-c3ccccc3C)cc2C)C1. The van der Waals surface area contributed by atoms with Gasteiger partial charge in [-0.25, -0.2) is 0 Å². The Hall–Kier alpha value is -4.75. The molecule has 7 nitrogen and oxygen atoms in total. The third-order valence-electron chi connectivity index (χ3n) is 8.01. The first-order valence-corrected chi connectivity index (χ1v) is 14.5. The molecule has 0 bridgehead atoms. The third kappa shape index (κ3) is 6.84. The van der Waals surface area contributed by atoms with E-state index in [4.69, 9.17) is 4.84 Å². The van der Waals surface area contributed by atoms with Crippen molar-refractivity contribution in [3.63, 3.8) is 0 Å². The molecule has 2 amide bonds. The zero-order valence-electron chi connectivity index (χ0n) is 24.7. The summed E-state index contributed by atoms with van der Waals surface area (Å²) < 4.78 is 0. The molecule has 0 spiro atoms. The van der Waals surface area contributed by atoms with Gasteiger partial charge in [0.1, 0.15) is 13.2 Å². The fourth-order valence-corrected chi connectivity index (χ4v) is 5.80. The van der Waals surface area contributed by atoms with Crippen LogP contribution in [0.25, 0.3) is 11.1 Å². The molecule has 43 heavy (non-hydrogen) atoms. The van der Waals surface area contributed by atoms with E-state index >= 15 is 0 Å². The van der Waals surface area contributed by atoms with Crippen molar-refractivity contribution in [2.24, 2.45) is 5.16 Å². The molecule has 1 fully saturated rings. The number of likely N-dealkylation sites (tertiary alicyclic amines) is 1. The molecule has 1 aliphatic rings. The molecule has 1 aliphatic heterocycles. The number of aryl methyl sites for hydroxylation is 2. The largest absolute Gasteiger partial charge is 0.399 e. The number of nitrogens with zero attached hydrogens (tertiary/aromatic N) is 2. The molecule has 0 aliphatic carbocycles. The average Bonchev–Trinajstić information content (AvgIpc) is 3.42. The van der Waals surface area contributed by atoms with E-state index < -0.39 is 18.2 Å². The average molecular weight is 576 g/mol. The van der Waals surface area contributed by atoms with Gasteiger partial charge in [0.2, 0.25) is 5.91 Å². The van der Waals surface area contributed by atoms with Crippen molar-refractivity contribution in [3.8, 4) is 11.1 Å². The van der Waals surface area contributed by atoms with Crippen LogP contribution in [0.4, 0.5) is 0 Å². The zero-order valence-corrected chi connectivity index (χ0v) is 24.7.